The molecule has 0 unspecified atom stereocenters. The second kappa shape index (κ2) is 11.2. The van der Waals surface area contributed by atoms with Crippen molar-refractivity contribution in [1.29, 1.82) is 0 Å². The van der Waals surface area contributed by atoms with E-state index in [0.717, 1.165) is 13.6 Å². The lowest BCUT2D eigenvalue weighted by Gasteiger charge is -2.15. The number of ether oxygens (including phenoxy) is 3. The number of aliphatic imine (C=N–C) groups is 1. The number of hydrogen-bond donors (Lipinski definition) is 0. The molecule has 3 aromatic rings. The number of nitro benzene ring substituents is 1. The number of rotatable bonds is 8. The summed E-state index contributed by atoms with van der Waals surface area (Å²) >= 11 is 5.58. The fourth-order valence-electron chi connectivity index (χ4n) is 3.44. The molecule has 0 aromatic heterocycles. The van der Waals surface area contributed by atoms with Crippen LogP contribution >= 0.6 is 38.5 Å². The Kier molecular flexibility index (Phi) is 8.04. The minimum absolute atomic E-state index is 0.0172. The monoisotopic (exact) mass is 662 g/mol. The molecular weight excluding hydrogens is 643 g/mol. The van der Waals surface area contributed by atoms with Crippen molar-refractivity contribution in [3.63, 3.8) is 0 Å². The molecule has 0 bridgehead atoms. The normalized spacial score (nSPS) is 13.9. The molecule has 0 atom stereocenters. The molecule has 184 valence electrons. The molecule has 1 aliphatic heterocycles. The van der Waals surface area contributed by atoms with E-state index in [-0.39, 0.29) is 17.3 Å². The van der Waals surface area contributed by atoms with Crippen molar-refractivity contribution in [1.82, 2.24) is 0 Å². The van der Waals surface area contributed by atoms with E-state index in [0.29, 0.717) is 41.4 Å². The molecule has 0 radical (unpaired) electrons. The summed E-state index contributed by atoms with van der Waals surface area (Å²) in [5, 5.41) is 11.3. The van der Waals surface area contributed by atoms with E-state index in [1.165, 1.54) is 6.07 Å². The van der Waals surface area contributed by atoms with Crippen LogP contribution in [0.5, 0.6) is 11.5 Å². The summed E-state index contributed by atoms with van der Waals surface area (Å²) in [7, 11) is 0. The summed E-state index contributed by atoms with van der Waals surface area (Å²) in [6, 6.07) is 16.0. The smallest absolute Gasteiger partial charge is 0.363 e. The minimum atomic E-state index is -0.642. The first-order valence-electron chi connectivity index (χ1n) is 10.9. The zero-order valence-corrected chi connectivity index (χ0v) is 23.0. The highest BCUT2D eigenvalue weighted by atomic mass is 127. The van der Waals surface area contributed by atoms with E-state index in [1.807, 2.05) is 37.3 Å². The van der Waals surface area contributed by atoms with Crippen LogP contribution in [0.3, 0.4) is 0 Å². The van der Waals surface area contributed by atoms with Crippen LogP contribution in [-0.2, 0) is 16.1 Å². The molecule has 4 rings (SSSR count). The maximum Gasteiger partial charge on any atom is 0.363 e. The molecule has 0 N–H and O–H groups in total. The molecule has 1 heterocycles. The van der Waals surface area contributed by atoms with Gasteiger partial charge in [0.1, 0.15) is 6.61 Å². The number of esters is 1. The quantitative estimate of drug-likeness (QED) is 0.0887. The third-order valence-electron chi connectivity index (χ3n) is 5.20. The fraction of sp³-hybridized carbons (Fsp3) is 0.154. The van der Waals surface area contributed by atoms with Gasteiger partial charge in [-0.2, -0.15) is 0 Å². The average Bonchev–Trinajstić information content (AvgIpc) is 3.20. The highest BCUT2D eigenvalue weighted by molar-refractivity contribution is 14.1. The van der Waals surface area contributed by atoms with E-state index in [1.54, 1.807) is 31.2 Å². The fourth-order valence-corrected chi connectivity index (χ4v) is 4.49. The summed E-state index contributed by atoms with van der Waals surface area (Å²) in [6.07, 6.45) is 1.58. The highest BCUT2D eigenvalue weighted by Crippen LogP contribution is 2.36. The second-order valence-electron chi connectivity index (χ2n) is 7.77. The van der Waals surface area contributed by atoms with Gasteiger partial charge >= 0.3 is 5.97 Å². The van der Waals surface area contributed by atoms with Gasteiger partial charge in [0.2, 0.25) is 5.90 Å². The van der Waals surface area contributed by atoms with Crippen molar-refractivity contribution in [3.8, 4) is 11.5 Å². The highest BCUT2D eigenvalue weighted by Gasteiger charge is 2.26. The van der Waals surface area contributed by atoms with Crippen LogP contribution in [0.2, 0.25) is 0 Å². The minimum Gasteiger partial charge on any atom is -0.490 e. The van der Waals surface area contributed by atoms with E-state index < -0.39 is 10.9 Å². The van der Waals surface area contributed by atoms with Crippen LogP contribution in [0.25, 0.3) is 6.08 Å². The van der Waals surface area contributed by atoms with Gasteiger partial charge in [-0.3, -0.25) is 10.1 Å². The number of aryl methyl sites for hydroxylation is 1. The van der Waals surface area contributed by atoms with Crippen LogP contribution in [0.4, 0.5) is 5.69 Å². The summed E-state index contributed by atoms with van der Waals surface area (Å²) < 4.78 is 19.0. The van der Waals surface area contributed by atoms with Gasteiger partial charge in [0.25, 0.3) is 5.69 Å². The number of hydrogen-bond acceptors (Lipinski definition) is 7. The molecule has 8 nitrogen and oxygen atoms in total. The number of nitrogens with zero attached hydrogens (tertiary/aromatic N) is 2. The topological polar surface area (TPSA) is 100 Å². The molecule has 0 aliphatic carbocycles. The van der Waals surface area contributed by atoms with Crippen LogP contribution in [0, 0.1) is 20.6 Å². The van der Waals surface area contributed by atoms with E-state index >= 15 is 0 Å². The van der Waals surface area contributed by atoms with Crippen LogP contribution in [0.15, 0.2) is 69.8 Å². The molecule has 36 heavy (non-hydrogen) atoms. The molecule has 0 amide bonds. The van der Waals surface area contributed by atoms with Gasteiger partial charge in [0.15, 0.2) is 17.2 Å². The van der Waals surface area contributed by atoms with Crippen molar-refractivity contribution >= 4 is 62.2 Å². The van der Waals surface area contributed by atoms with Gasteiger partial charge in [-0.1, -0.05) is 34.1 Å². The number of halogens is 2. The molecule has 0 saturated heterocycles. The Morgan fingerprint density at radius 2 is 1.89 bits per heavy atom. The van der Waals surface area contributed by atoms with Crippen molar-refractivity contribution in [2.75, 3.05) is 6.61 Å². The predicted octanol–water partition coefficient (Wildman–Crippen LogP) is 6.59. The van der Waals surface area contributed by atoms with Crippen molar-refractivity contribution < 1.29 is 23.9 Å². The third kappa shape index (κ3) is 5.93. The van der Waals surface area contributed by atoms with E-state index in [9.17, 15) is 14.9 Å². The van der Waals surface area contributed by atoms with Gasteiger partial charge < -0.3 is 14.2 Å². The molecule has 3 aromatic carbocycles. The molecule has 1 aliphatic rings. The van der Waals surface area contributed by atoms with Crippen molar-refractivity contribution in [2.45, 2.75) is 20.5 Å². The standard InChI is InChI=1S/C26H20BrIN2O6/c1-3-34-23-12-17(10-20(28)24(23)35-14-16-5-8-19(27)9-6-16)11-21-26(31)36-25(29-21)18-7-4-15(2)22(13-18)30(32)33/h4-13H,3,14H2,1-2H3/b21-11-. The largest absolute Gasteiger partial charge is 0.490 e. The summed E-state index contributed by atoms with van der Waals surface area (Å²) in [6.45, 7) is 4.31. The second-order valence-corrected chi connectivity index (χ2v) is 9.85. The lowest BCUT2D eigenvalue weighted by molar-refractivity contribution is -0.385. The Balaban J connectivity index is 1.62. The number of benzene rings is 3. The number of carbonyl (C=O) groups is 1. The van der Waals surface area contributed by atoms with Crippen LogP contribution in [-0.4, -0.2) is 23.4 Å². The van der Waals surface area contributed by atoms with E-state index in [2.05, 4.69) is 43.5 Å². The van der Waals surface area contributed by atoms with Crippen molar-refractivity contribution in [2.24, 2.45) is 4.99 Å². The zero-order valence-electron chi connectivity index (χ0n) is 19.3. The molecule has 10 heteroatoms. The number of nitro groups is 1. The maximum atomic E-state index is 12.5. The number of carbonyl (C=O) groups excluding carboxylic acids is 1. The van der Waals surface area contributed by atoms with Crippen LogP contribution < -0.4 is 9.47 Å². The van der Waals surface area contributed by atoms with Crippen molar-refractivity contribution in [3.05, 3.63) is 101 Å². The number of cyclic esters (lactones) is 1. The molecule has 0 spiro atoms. The summed E-state index contributed by atoms with van der Waals surface area (Å²) in [5.74, 6) is 0.519. The average molecular weight is 663 g/mol. The Labute approximate surface area is 229 Å². The maximum absolute atomic E-state index is 12.5. The Morgan fingerprint density at radius 1 is 1.14 bits per heavy atom. The van der Waals surface area contributed by atoms with Crippen LogP contribution in [0.1, 0.15) is 29.2 Å². The van der Waals surface area contributed by atoms with Gasteiger partial charge in [-0.25, -0.2) is 9.79 Å². The third-order valence-corrected chi connectivity index (χ3v) is 6.53. The van der Waals surface area contributed by atoms with Gasteiger partial charge in [0.05, 0.1) is 15.1 Å². The lowest BCUT2D eigenvalue weighted by Crippen LogP contribution is -2.06. The first kappa shape index (κ1) is 25.8. The summed E-state index contributed by atoms with van der Waals surface area (Å²) in [5.41, 5.74) is 2.55. The van der Waals surface area contributed by atoms with Gasteiger partial charge in [0, 0.05) is 21.7 Å². The molecular formula is C26H20BrIN2O6. The SMILES string of the molecule is CCOc1cc(/C=C2\N=C(c3ccc(C)c([N+](=O)[O-])c3)OC2=O)cc(I)c1OCc1ccc(Br)cc1. The Bertz CT molecular complexity index is 1400. The zero-order chi connectivity index (χ0) is 25.8. The predicted molar refractivity (Wildman–Crippen MR) is 147 cm³/mol. The Hall–Kier alpha value is -3.25. The first-order valence-corrected chi connectivity index (χ1v) is 12.7. The lowest BCUT2D eigenvalue weighted by atomic mass is 10.1. The summed E-state index contributed by atoms with van der Waals surface area (Å²) in [4.78, 5) is 27.6. The van der Waals surface area contributed by atoms with Gasteiger partial charge in [-0.05, 0) is 84.0 Å². The molecule has 0 saturated carbocycles. The van der Waals surface area contributed by atoms with E-state index in [4.69, 9.17) is 14.2 Å². The Morgan fingerprint density at radius 3 is 2.58 bits per heavy atom. The molecule has 0 fully saturated rings. The first-order chi connectivity index (χ1) is 17.2. The van der Waals surface area contributed by atoms with Gasteiger partial charge in [-0.15, -0.1) is 0 Å².